The van der Waals surface area contributed by atoms with Crippen LogP contribution in [0.5, 0.6) is 0 Å². The zero-order valence-electron chi connectivity index (χ0n) is 15.0. The van der Waals surface area contributed by atoms with E-state index >= 15 is 0 Å². The average molecular weight is 375 g/mol. The van der Waals surface area contributed by atoms with E-state index in [1.54, 1.807) is 32.2 Å². The van der Waals surface area contributed by atoms with Crippen molar-refractivity contribution in [1.82, 2.24) is 9.62 Å². The summed E-state index contributed by atoms with van der Waals surface area (Å²) in [5.74, 6) is 0. The van der Waals surface area contributed by atoms with Crippen molar-refractivity contribution in [2.45, 2.75) is 64.6 Å². The molecular formula is C16H26N2O4S2. The number of ether oxygens (including phenoxy) is 1. The summed E-state index contributed by atoms with van der Waals surface area (Å²) >= 11 is 1.44. The van der Waals surface area contributed by atoms with E-state index in [1.165, 1.54) is 15.6 Å². The van der Waals surface area contributed by atoms with Gasteiger partial charge in [-0.1, -0.05) is 20.8 Å². The van der Waals surface area contributed by atoms with Gasteiger partial charge < -0.3 is 10.1 Å². The highest BCUT2D eigenvalue weighted by Crippen LogP contribution is 2.35. The first-order chi connectivity index (χ1) is 10.8. The molecule has 2 rings (SSSR count). The molecular weight excluding hydrogens is 348 g/mol. The monoisotopic (exact) mass is 374 g/mol. The summed E-state index contributed by atoms with van der Waals surface area (Å²) in [6.45, 7) is 11.9. The van der Waals surface area contributed by atoms with Crippen molar-refractivity contribution in [1.29, 1.82) is 0 Å². The Hall–Kier alpha value is -1.12. The van der Waals surface area contributed by atoms with E-state index in [0.29, 0.717) is 11.4 Å². The number of carbonyl (C=O) groups is 1. The fourth-order valence-corrected chi connectivity index (χ4v) is 5.34. The second-order valence-electron chi connectivity index (χ2n) is 8.07. The van der Waals surface area contributed by atoms with Crippen LogP contribution in [0.4, 0.5) is 4.79 Å². The summed E-state index contributed by atoms with van der Waals surface area (Å²) in [4.78, 5) is 13.4. The smallest absolute Gasteiger partial charge is 0.407 e. The Kier molecular flexibility index (Phi) is 5.05. The van der Waals surface area contributed by atoms with Gasteiger partial charge in [-0.2, -0.15) is 4.31 Å². The highest BCUT2D eigenvalue weighted by atomic mass is 32.2. The van der Waals surface area contributed by atoms with Crippen LogP contribution in [-0.4, -0.2) is 37.0 Å². The molecule has 1 aliphatic heterocycles. The normalized spacial score (nSPS) is 18.9. The second kappa shape index (κ2) is 6.31. The van der Waals surface area contributed by atoms with Gasteiger partial charge in [0.05, 0.1) is 10.9 Å². The number of nitrogens with zero attached hydrogens (tertiary/aromatic N) is 1. The van der Waals surface area contributed by atoms with Crippen LogP contribution in [0.3, 0.4) is 0 Å². The van der Waals surface area contributed by atoms with Crippen LogP contribution in [-0.2, 0) is 21.3 Å². The molecule has 0 aromatic carbocycles. The van der Waals surface area contributed by atoms with Gasteiger partial charge in [-0.25, -0.2) is 13.2 Å². The van der Waals surface area contributed by atoms with Gasteiger partial charge in [0.25, 0.3) is 0 Å². The Morgan fingerprint density at radius 1 is 1.33 bits per heavy atom. The number of hydrogen-bond donors (Lipinski definition) is 1. The second-order valence-corrected chi connectivity index (χ2v) is 11.0. The molecule has 0 bridgehead atoms. The number of alkyl carbamates (subject to hydrolysis) is 1. The molecule has 1 amide bonds. The maximum Gasteiger partial charge on any atom is 0.407 e. The molecule has 0 aliphatic carbocycles. The summed E-state index contributed by atoms with van der Waals surface area (Å²) in [6, 6.07) is 1.28. The predicted octanol–water partition coefficient (Wildman–Crippen LogP) is 3.19. The Labute approximate surface area is 148 Å². The van der Waals surface area contributed by atoms with Crippen LogP contribution in [0, 0.1) is 5.41 Å². The van der Waals surface area contributed by atoms with Crippen molar-refractivity contribution in [3.8, 4) is 0 Å². The number of rotatable bonds is 3. The van der Waals surface area contributed by atoms with Crippen LogP contribution in [0.1, 0.15) is 46.4 Å². The minimum Gasteiger partial charge on any atom is -0.444 e. The zero-order chi connectivity index (χ0) is 18.3. The van der Waals surface area contributed by atoms with E-state index in [4.69, 9.17) is 4.74 Å². The number of hydrogen-bond acceptors (Lipinski definition) is 5. The Balaban J connectivity index is 2.14. The van der Waals surface area contributed by atoms with Gasteiger partial charge >= 0.3 is 6.09 Å². The van der Waals surface area contributed by atoms with Gasteiger partial charge in [0, 0.05) is 18.0 Å². The van der Waals surface area contributed by atoms with Crippen LogP contribution < -0.4 is 5.32 Å². The third kappa shape index (κ3) is 4.29. The molecule has 136 valence electrons. The Morgan fingerprint density at radius 3 is 2.46 bits per heavy atom. The largest absolute Gasteiger partial charge is 0.444 e. The van der Waals surface area contributed by atoms with Crippen molar-refractivity contribution in [2.24, 2.45) is 5.41 Å². The van der Waals surface area contributed by atoms with E-state index in [9.17, 15) is 13.2 Å². The fraction of sp³-hybridized carbons (Fsp3) is 0.688. The molecule has 0 saturated carbocycles. The quantitative estimate of drug-likeness (QED) is 0.881. The Bertz CT molecular complexity index is 711. The molecule has 0 unspecified atom stereocenters. The maximum atomic E-state index is 12.6. The number of fused-ring (bicyclic) bond motifs is 1. The number of carbonyl (C=O) groups excluding carboxylic acids is 1. The number of amides is 1. The van der Waals surface area contributed by atoms with Gasteiger partial charge in [-0.05, 0) is 37.6 Å². The van der Waals surface area contributed by atoms with Gasteiger partial charge in [0.2, 0.25) is 10.0 Å². The molecule has 24 heavy (non-hydrogen) atoms. The van der Waals surface area contributed by atoms with Crippen molar-refractivity contribution in [3.63, 3.8) is 0 Å². The summed E-state index contributed by atoms with van der Waals surface area (Å²) in [5.41, 5.74) is -0.918. The molecule has 6 nitrogen and oxygen atoms in total. The highest BCUT2D eigenvalue weighted by Gasteiger charge is 2.39. The average Bonchev–Trinajstić information content (AvgIpc) is 2.89. The van der Waals surface area contributed by atoms with E-state index in [1.807, 2.05) is 20.8 Å². The lowest BCUT2D eigenvalue weighted by atomic mass is 9.86. The lowest BCUT2D eigenvalue weighted by Gasteiger charge is -2.34. The van der Waals surface area contributed by atoms with Crippen LogP contribution in [0.15, 0.2) is 16.3 Å². The molecule has 1 N–H and O–H groups in total. The van der Waals surface area contributed by atoms with Crippen LogP contribution >= 0.6 is 11.3 Å². The Morgan fingerprint density at radius 2 is 1.96 bits per heavy atom. The van der Waals surface area contributed by atoms with Crippen LogP contribution in [0.2, 0.25) is 0 Å². The first kappa shape index (κ1) is 19.2. The molecule has 2 heterocycles. The molecule has 0 spiro atoms. The van der Waals surface area contributed by atoms with Gasteiger partial charge in [-0.3, -0.25) is 0 Å². The van der Waals surface area contributed by atoms with Crippen molar-refractivity contribution < 1.29 is 17.9 Å². The molecule has 1 aromatic rings. The summed E-state index contributed by atoms with van der Waals surface area (Å²) in [7, 11) is -3.48. The van der Waals surface area contributed by atoms with Crippen molar-refractivity contribution in [3.05, 3.63) is 16.3 Å². The third-order valence-electron chi connectivity index (χ3n) is 3.76. The van der Waals surface area contributed by atoms with Gasteiger partial charge in [0.15, 0.2) is 0 Å². The first-order valence-corrected chi connectivity index (χ1v) is 10.2. The lowest BCUT2D eigenvalue weighted by molar-refractivity contribution is 0.0452. The minimum atomic E-state index is -3.48. The van der Waals surface area contributed by atoms with E-state index in [-0.39, 0.29) is 18.0 Å². The molecule has 0 radical (unpaired) electrons. The minimum absolute atomic E-state index is 0.215. The number of sulfonamides is 1. The molecule has 1 aromatic heterocycles. The van der Waals surface area contributed by atoms with Crippen molar-refractivity contribution >= 4 is 27.5 Å². The summed E-state index contributed by atoms with van der Waals surface area (Å²) in [5, 5.41) is 4.62. The lowest BCUT2D eigenvalue weighted by Crippen LogP contribution is -2.51. The summed E-state index contributed by atoms with van der Waals surface area (Å²) in [6.07, 6.45) is -0.534. The third-order valence-corrected chi connectivity index (χ3v) is 6.70. The van der Waals surface area contributed by atoms with Crippen molar-refractivity contribution in [2.75, 3.05) is 6.54 Å². The predicted molar refractivity (Wildman–Crippen MR) is 94.5 cm³/mol. The highest BCUT2D eigenvalue weighted by molar-refractivity contribution is 7.89. The number of thiophene rings is 1. The van der Waals surface area contributed by atoms with Gasteiger partial charge in [0.1, 0.15) is 5.60 Å². The first-order valence-electron chi connectivity index (χ1n) is 7.87. The fourth-order valence-electron chi connectivity index (χ4n) is 2.41. The topological polar surface area (TPSA) is 75.7 Å². The molecule has 8 heteroatoms. The summed E-state index contributed by atoms with van der Waals surface area (Å²) < 4.78 is 32.0. The maximum absolute atomic E-state index is 12.6. The molecule has 0 saturated heterocycles. The van der Waals surface area contributed by atoms with Crippen LogP contribution in [0.25, 0.3) is 0 Å². The molecule has 0 fully saturated rings. The van der Waals surface area contributed by atoms with Gasteiger partial charge in [-0.15, -0.1) is 11.3 Å². The molecule has 1 aliphatic rings. The number of nitrogens with one attached hydrogen (secondary N) is 1. The van der Waals surface area contributed by atoms with E-state index in [2.05, 4.69) is 5.32 Å². The zero-order valence-corrected chi connectivity index (χ0v) is 16.7. The van der Waals surface area contributed by atoms with E-state index in [0.717, 1.165) is 4.88 Å². The molecule has 1 atom stereocenters. The standard InChI is InChI=1S/C16H26N2O4S2/c1-15(2,3)13(17-14(19)22-16(4,5)6)10-18-9-11-12(7-8-23-11)24(18,20)21/h7-8,13H,9-10H2,1-6H3,(H,17,19)/t13-/m0/s1. The SMILES string of the molecule is CC(C)(C)OC(=O)N[C@@H](CN1Cc2sccc2S1(=O)=O)C(C)(C)C. The van der Waals surface area contributed by atoms with E-state index < -0.39 is 21.7 Å².